The first-order chi connectivity index (χ1) is 7.81. The van der Waals surface area contributed by atoms with Crippen molar-refractivity contribution in [3.05, 3.63) is 0 Å². The van der Waals surface area contributed by atoms with Crippen LogP contribution >= 0.6 is 12.6 Å². The number of ether oxygens (including phenoxy) is 1. The van der Waals surface area contributed by atoms with E-state index in [2.05, 4.69) is 12.6 Å². The summed E-state index contributed by atoms with van der Waals surface area (Å²) >= 11 is 4.28. The molecule has 0 saturated heterocycles. The van der Waals surface area contributed by atoms with E-state index in [1.54, 1.807) is 0 Å². The Balaban J connectivity index is 4.43. The van der Waals surface area contributed by atoms with E-state index in [4.69, 9.17) is 4.74 Å². The standard InChI is InChI=1S/C12H23F3OS/c1-4-6-11(9-17,7-5-2)8-16-10(3)12(13,14)15/h10,17H,4-9H2,1-3H3. The molecule has 0 radical (unpaired) electrons. The third-order valence-electron chi connectivity index (χ3n) is 3.00. The van der Waals surface area contributed by atoms with Gasteiger partial charge < -0.3 is 4.74 Å². The summed E-state index contributed by atoms with van der Waals surface area (Å²) in [6.45, 7) is 5.25. The SMILES string of the molecule is CCCC(CS)(CCC)COC(C)C(F)(F)F. The van der Waals surface area contributed by atoms with Crippen molar-refractivity contribution in [2.75, 3.05) is 12.4 Å². The van der Waals surface area contributed by atoms with Gasteiger partial charge in [-0.25, -0.2) is 0 Å². The van der Waals surface area contributed by atoms with Crippen molar-refractivity contribution in [1.29, 1.82) is 0 Å². The summed E-state index contributed by atoms with van der Waals surface area (Å²) in [7, 11) is 0. The molecule has 104 valence electrons. The molecule has 0 amide bonds. The van der Waals surface area contributed by atoms with Gasteiger partial charge in [-0.1, -0.05) is 26.7 Å². The molecule has 0 aromatic carbocycles. The van der Waals surface area contributed by atoms with Crippen molar-refractivity contribution in [3.63, 3.8) is 0 Å². The fourth-order valence-corrected chi connectivity index (χ4v) is 2.34. The van der Waals surface area contributed by atoms with E-state index < -0.39 is 12.3 Å². The summed E-state index contributed by atoms with van der Waals surface area (Å²) in [4.78, 5) is 0. The molecule has 0 saturated carbocycles. The highest BCUT2D eigenvalue weighted by Gasteiger charge is 2.39. The van der Waals surface area contributed by atoms with Crippen molar-refractivity contribution < 1.29 is 17.9 Å². The first-order valence-electron chi connectivity index (χ1n) is 6.10. The van der Waals surface area contributed by atoms with E-state index in [1.807, 2.05) is 13.8 Å². The Morgan fingerprint density at radius 3 is 1.88 bits per heavy atom. The molecule has 1 unspecified atom stereocenters. The number of hydrogen-bond acceptors (Lipinski definition) is 2. The monoisotopic (exact) mass is 272 g/mol. The van der Waals surface area contributed by atoms with E-state index in [0.29, 0.717) is 5.75 Å². The first kappa shape index (κ1) is 17.1. The van der Waals surface area contributed by atoms with E-state index in [9.17, 15) is 13.2 Å². The Labute approximate surface area is 108 Å². The fraction of sp³-hybridized carbons (Fsp3) is 1.00. The smallest absolute Gasteiger partial charge is 0.368 e. The zero-order valence-electron chi connectivity index (χ0n) is 10.8. The van der Waals surface area contributed by atoms with Crippen LogP contribution in [0.2, 0.25) is 0 Å². The molecule has 0 N–H and O–H groups in total. The Bertz CT molecular complexity index is 200. The second-order valence-corrected chi connectivity index (χ2v) is 4.97. The summed E-state index contributed by atoms with van der Waals surface area (Å²) in [5.74, 6) is 0.569. The highest BCUT2D eigenvalue weighted by molar-refractivity contribution is 7.80. The third kappa shape index (κ3) is 6.00. The van der Waals surface area contributed by atoms with E-state index in [0.717, 1.165) is 32.6 Å². The van der Waals surface area contributed by atoms with Gasteiger partial charge in [-0.3, -0.25) is 0 Å². The molecule has 1 nitrogen and oxygen atoms in total. The molecule has 0 heterocycles. The zero-order valence-corrected chi connectivity index (χ0v) is 11.7. The predicted octanol–water partition coefficient (Wildman–Crippen LogP) is 4.47. The maximum absolute atomic E-state index is 12.4. The van der Waals surface area contributed by atoms with Crippen molar-refractivity contribution in [1.82, 2.24) is 0 Å². The Morgan fingerprint density at radius 1 is 1.12 bits per heavy atom. The molecule has 0 aliphatic carbocycles. The van der Waals surface area contributed by atoms with Crippen LogP contribution in [0.5, 0.6) is 0 Å². The van der Waals surface area contributed by atoms with Crippen LogP contribution in [0.15, 0.2) is 0 Å². The molecule has 1 atom stereocenters. The van der Waals surface area contributed by atoms with Gasteiger partial charge in [0.1, 0.15) is 0 Å². The summed E-state index contributed by atoms with van der Waals surface area (Å²) < 4.78 is 42.1. The second kappa shape index (κ2) is 7.52. The molecule has 0 aliphatic rings. The van der Waals surface area contributed by atoms with Crippen molar-refractivity contribution in [3.8, 4) is 0 Å². The lowest BCUT2D eigenvalue weighted by atomic mass is 9.82. The molecular weight excluding hydrogens is 249 g/mol. The van der Waals surface area contributed by atoms with Gasteiger partial charge in [0.2, 0.25) is 0 Å². The van der Waals surface area contributed by atoms with Gasteiger partial charge in [0.15, 0.2) is 6.10 Å². The summed E-state index contributed by atoms with van der Waals surface area (Å²) in [6.07, 6.45) is -2.39. The first-order valence-corrected chi connectivity index (χ1v) is 6.73. The van der Waals surface area contributed by atoms with Gasteiger partial charge in [0.25, 0.3) is 0 Å². The lowest BCUT2D eigenvalue weighted by Crippen LogP contribution is -2.36. The van der Waals surface area contributed by atoms with Crippen LogP contribution in [0.25, 0.3) is 0 Å². The number of thiol groups is 1. The lowest BCUT2D eigenvalue weighted by Gasteiger charge is -2.33. The maximum Gasteiger partial charge on any atom is 0.414 e. The van der Waals surface area contributed by atoms with Gasteiger partial charge in [-0.2, -0.15) is 25.8 Å². The Morgan fingerprint density at radius 2 is 1.59 bits per heavy atom. The van der Waals surface area contributed by atoms with Crippen LogP contribution in [0.1, 0.15) is 46.5 Å². The second-order valence-electron chi connectivity index (χ2n) is 4.65. The molecule has 0 aromatic rings. The molecule has 0 rings (SSSR count). The summed E-state index contributed by atoms with van der Waals surface area (Å²) in [6, 6.07) is 0. The van der Waals surface area contributed by atoms with Gasteiger partial charge in [-0.15, -0.1) is 0 Å². The van der Waals surface area contributed by atoms with Crippen LogP contribution in [0.3, 0.4) is 0 Å². The fourth-order valence-electron chi connectivity index (χ4n) is 1.93. The summed E-state index contributed by atoms with van der Waals surface area (Å²) in [5.41, 5.74) is -0.216. The van der Waals surface area contributed by atoms with Crippen LogP contribution in [0, 0.1) is 5.41 Å². The lowest BCUT2D eigenvalue weighted by molar-refractivity contribution is -0.221. The Hall–Kier alpha value is 0.100. The summed E-state index contributed by atoms with van der Waals surface area (Å²) in [5, 5.41) is 0. The van der Waals surface area contributed by atoms with E-state index in [1.165, 1.54) is 0 Å². The van der Waals surface area contributed by atoms with Crippen molar-refractivity contribution >= 4 is 12.6 Å². The van der Waals surface area contributed by atoms with Gasteiger partial charge in [-0.05, 0) is 25.5 Å². The Kier molecular flexibility index (Phi) is 7.56. The maximum atomic E-state index is 12.4. The average Bonchev–Trinajstić information content (AvgIpc) is 2.24. The van der Waals surface area contributed by atoms with Crippen LogP contribution in [0.4, 0.5) is 13.2 Å². The topological polar surface area (TPSA) is 9.23 Å². The predicted molar refractivity (Wildman–Crippen MR) is 67.6 cm³/mol. The van der Waals surface area contributed by atoms with Crippen LogP contribution in [-0.2, 0) is 4.74 Å². The van der Waals surface area contributed by atoms with Crippen LogP contribution in [-0.4, -0.2) is 24.6 Å². The minimum Gasteiger partial charge on any atom is -0.368 e. The molecule has 17 heavy (non-hydrogen) atoms. The quantitative estimate of drug-likeness (QED) is 0.641. The third-order valence-corrected chi connectivity index (χ3v) is 3.67. The molecule has 0 aromatic heterocycles. The number of hydrogen-bond donors (Lipinski definition) is 1. The molecule has 5 heteroatoms. The highest BCUT2D eigenvalue weighted by Crippen LogP contribution is 2.33. The molecule has 0 bridgehead atoms. The number of alkyl halides is 3. The van der Waals surface area contributed by atoms with Crippen LogP contribution < -0.4 is 0 Å². The zero-order chi connectivity index (χ0) is 13.5. The van der Waals surface area contributed by atoms with E-state index >= 15 is 0 Å². The van der Waals surface area contributed by atoms with Crippen molar-refractivity contribution in [2.24, 2.45) is 5.41 Å². The normalized spacial score (nSPS) is 15.0. The molecule has 0 fully saturated rings. The molecule has 0 spiro atoms. The van der Waals surface area contributed by atoms with E-state index in [-0.39, 0.29) is 12.0 Å². The van der Waals surface area contributed by atoms with Gasteiger partial charge >= 0.3 is 6.18 Å². The van der Waals surface area contributed by atoms with Gasteiger partial charge in [0.05, 0.1) is 6.61 Å². The molecule has 0 aliphatic heterocycles. The number of rotatable bonds is 8. The highest BCUT2D eigenvalue weighted by atomic mass is 32.1. The molecular formula is C12H23F3OS. The number of halogens is 3. The van der Waals surface area contributed by atoms with Gasteiger partial charge in [0, 0.05) is 5.41 Å². The average molecular weight is 272 g/mol. The minimum absolute atomic E-state index is 0.138. The largest absolute Gasteiger partial charge is 0.414 e. The minimum atomic E-state index is -4.28. The van der Waals surface area contributed by atoms with Crippen molar-refractivity contribution in [2.45, 2.75) is 58.7 Å².